The number of fused-ring (bicyclic) bond motifs is 1. The fourth-order valence-corrected chi connectivity index (χ4v) is 7.29. The zero-order valence-electron chi connectivity index (χ0n) is 23.1. The number of hydrogen-bond acceptors (Lipinski definition) is 3. The Kier molecular flexibility index (Phi) is 9.08. The Morgan fingerprint density at radius 3 is 2.42 bits per heavy atom. The third-order valence-corrected chi connectivity index (χ3v) is 9.24. The predicted octanol–water partition coefficient (Wildman–Crippen LogP) is 9.17. The molecule has 3 nitrogen and oxygen atoms in total. The van der Waals surface area contributed by atoms with E-state index in [9.17, 15) is 0 Å². The van der Waals surface area contributed by atoms with Crippen molar-refractivity contribution in [2.75, 3.05) is 0 Å². The highest BCUT2D eigenvalue weighted by Crippen LogP contribution is 2.56. The standard InChI is InChI=1S/C32H41O3P/c1-8-13-27-25(10-3)17-19-29-32(27)31(28-15-12-11-14-24(28)9-2)23(7)33-36(34-29)35-30-20-22(6)16-18-26(30)21(4)5/h21-23,26,30-31H,8-10,13,16,18,20H2,1-7H3/t22-,23-,26+,30-,31-,36?/m1/s1. The van der Waals surface area contributed by atoms with Gasteiger partial charge in [-0.05, 0) is 79.5 Å². The molecule has 1 aliphatic heterocycles. The first kappa shape index (κ1) is 27.1. The minimum Gasteiger partial charge on any atom is -0.417 e. The summed E-state index contributed by atoms with van der Waals surface area (Å²) >= 11 is 0. The van der Waals surface area contributed by atoms with Gasteiger partial charge in [0.05, 0.1) is 12.2 Å². The summed E-state index contributed by atoms with van der Waals surface area (Å²) in [6, 6.07) is 0. The van der Waals surface area contributed by atoms with Gasteiger partial charge < -0.3 is 4.52 Å². The zero-order valence-corrected chi connectivity index (χ0v) is 24.0. The van der Waals surface area contributed by atoms with Crippen molar-refractivity contribution in [3.8, 4) is 0 Å². The molecule has 36 heavy (non-hydrogen) atoms. The lowest BCUT2D eigenvalue weighted by molar-refractivity contribution is 0.0226. The second kappa shape index (κ2) is 12.1. The van der Waals surface area contributed by atoms with Crippen LogP contribution in [-0.2, 0) is 13.6 Å². The summed E-state index contributed by atoms with van der Waals surface area (Å²) in [5, 5.41) is 0. The van der Waals surface area contributed by atoms with Crippen LogP contribution < -0.4 is 0 Å². The third kappa shape index (κ3) is 5.64. The molecular formula is C32H41O3P. The monoisotopic (exact) mass is 504 g/mol. The highest BCUT2D eigenvalue weighted by molar-refractivity contribution is 7.41. The molecule has 3 aliphatic carbocycles. The highest BCUT2D eigenvalue weighted by Gasteiger charge is 2.43. The Morgan fingerprint density at radius 2 is 1.72 bits per heavy atom. The van der Waals surface area contributed by atoms with Crippen molar-refractivity contribution < 1.29 is 13.6 Å². The van der Waals surface area contributed by atoms with Gasteiger partial charge in [-0.2, -0.15) is 0 Å². The van der Waals surface area contributed by atoms with E-state index in [0.29, 0.717) is 17.8 Å². The molecule has 6 atom stereocenters. The Bertz CT molecular complexity index is 1180. The van der Waals surface area contributed by atoms with Crippen LogP contribution in [0.1, 0.15) is 93.4 Å². The average molecular weight is 505 g/mol. The van der Waals surface area contributed by atoms with E-state index in [-0.39, 0.29) is 18.1 Å². The molecular weight excluding hydrogens is 463 g/mol. The van der Waals surface area contributed by atoms with E-state index in [2.05, 4.69) is 82.9 Å². The van der Waals surface area contributed by atoms with Gasteiger partial charge in [0.15, 0.2) is 5.76 Å². The zero-order chi connectivity index (χ0) is 25.8. The average Bonchev–Trinajstić information content (AvgIpc) is 2.99. The summed E-state index contributed by atoms with van der Waals surface area (Å²) in [5.74, 6) is 2.41. The smallest absolute Gasteiger partial charge is 0.398 e. The van der Waals surface area contributed by atoms with E-state index in [0.717, 1.165) is 54.6 Å². The van der Waals surface area contributed by atoms with Crippen LogP contribution in [0.5, 0.6) is 0 Å². The van der Waals surface area contributed by atoms with Crippen LogP contribution in [0.4, 0.5) is 0 Å². The Labute approximate surface area is 219 Å². The Hall–Kier alpha value is -1.95. The maximum atomic E-state index is 6.74. The van der Waals surface area contributed by atoms with Gasteiger partial charge in [0.25, 0.3) is 0 Å². The molecule has 0 aromatic carbocycles. The van der Waals surface area contributed by atoms with Gasteiger partial charge in [-0.15, -0.1) is 0 Å². The minimum absolute atomic E-state index is 0.0583. The van der Waals surface area contributed by atoms with Crippen molar-refractivity contribution in [1.29, 1.82) is 0 Å². The van der Waals surface area contributed by atoms with Crippen molar-refractivity contribution >= 4 is 8.60 Å². The lowest BCUT2D eigenvalue weighted by Gasteiger charge is -2.37. The molecule has 4 aliphatic rings. The van der Waals surface area contributed by atoms with Gasteiger partial charge in [0, 0.05) is 28.2 Å². The second-order valence-electron chi connectivity index (χ2n) is 10.9. The molecule has 0 aromatic heterocycles. The van der Waals surface area contributed by atoms with E-state index in [4.69, 9.17) is 13.6 Å². The molecule has 0 amide bonds. The minimum atomic E-state index is -1.58. The van der Waals surface area contributed by atoms with E-state index < -0.39 is 8.60 Å². The molecule has 192 valence electrons. The fourth-order valence-electron chi connectivity index (χ4n) is 6.00. The largest absolute Gasteiger partial charge is 0.417 e. The van der Waals surface area contributed by atoms with Crippen LogP contribution in [0.25, 0.3) is 0 Å². The van der Waals surface area contributed by atoms with Gasteiger partial charge in [0.1, 0.15) is 0 Å². The van der Waals surface area contributed by atoms with Gasteiger partial charge in [-0.25, -0.2) is 0 Å². The lowest BCUT2D eigenvalue weighted by Crippen LogP contribution is -2.33. The first-order valence-electron chi connectivity index (χ1n) is 13.9. The van der Waals surface area contributed by atoms with Crippen LogP contribution in [0.2, 0.25) is 0 Å². The molecule has 0 bridgehead atoms. The molecule has 1 unspecified atom stereocenters. The van der Waals surface area contributed by atoms with Crippen molar-refractivity contribution in [2.45, 2.75) is 106 Å². The van der Waals surface area contributed by atoms with E-state index in [1.54, 1.807) is 0 Å². The van der Waals surface area contributed by atoms with Crippen molar-refractivity contribution in [3.05, 3.63) is 68.0 Å². The van der Waals surface area contributed by atoms with Gasteiger partial charge in [0.2, 0.25) is 0 Å². The number of rotatable bonds is 8. The maximum Gasteiger partial charge on any atom is 0.398 e. The van der Waals surface area contributed by atoms with Gasteiger partial charge in [-0.1, -0.05) is 71.6 Å². The summed E-state index contributed by atoms with van der Waals surface area (Å²) < 4.78 is 20.0. The van der Waals surface area contributed by atoms with Crippen LogP contribution in [-0.4, -0.2) is 12.2 Å². The molecule has 0 N–H and O–H groups in total. The van der Waals surface area contributed by atoms with E-state index >= 15 is 0 Å². The van der Waals surface area contributed by atoms with E-state index in [1.807, 2.05) is 0 Å². The molecule has 4 heteroatoms. The molecule has 0 aromatic rings. The summed E-state index contributed by atoms with van der Waals surface area (Å²) in [6.07, 6.45) is 7.28. The molecule has 4 rings (SSSR count). The van der Waals surface area contributed by atoms with Gasteiger partial charge >= 0.3 is 8.60 Å². The molecule has 1 saturated carbocycles. The normalized spacial score (nSPS) is 31.4. The summed E-state index contributed by atoms with van der Waals surface area (Å²) in [4.78, 5) is 0. The molecule has 1 saturated heterocycles. The lowest BCUT2D eigenvalue weighted by atomic mass is 9.75. The number of allylic oxidation sites excluding steroid dienone is 4. The summed E-state index contributed by atoms with van der Waals surface area (Å²) in [5.41, 5.74) is 25.3. The fraction of sp³-hybridized carbons (Fsp3) is 0.625. The maximum absolute atomic E-state index is 6.74. The second-order valence-corrected chi connectivity index (χ2v) is 11.9. The first-order valence-corrected chi connectivity index (χ1v) is 15.0. The molecule has 0 spiro atoms. The van der Waals surface area contributed by atoms with Crippen molar-refractivity contribution in [2.24, 2.45) is 23.7 Å². The van der Waals surface area contributed by atoms with Crippen LogP contribution in [0.15, 0.2) is 68.0 Å². The molecule has 2 fully saturated rings. The van der Waals surface area contributed by atoms with E-state index in [1.165, 1.54) is 24.0 Å². The van der Waals surface area contributed by atoms with Crippen LogP contribution in [0.3, 0.4) is 0 Å². The van der Waals surface area contributed by atoms with Crippen LogP contribution >= 0.6 is 8.60 Å². The molecule has 1 heterocycles. The van der Waals surface area contributed by atoms with Crippen molar-refractivity contribution in [1.82, 2.24) is 0 Å². The first-order chi connectivity index (χ1) is 17.4. The topological polar surface area (TPSA) is 27.7 Å². The summed E-state index contributed by atoms with van der Waals surface area (Å²) in [6.45, 7) is 15.7. The number of hydrogen-bond donors (Lipinski definition) is 0. The Morgan fingerprint density at radius 1 is 0.972 bits per heavy atom. The SMILES string of the molecule is CCCC1=C2C(=C=C=C1CC)OP(O[C@@H]1C[C@H](C)CC[C@H]1C(C)C)O[C@H](C)[C@@H]2C1=C=C=C=C=C1CC. The van der Waals surface area contributed by atoms with Crippen LogP contribution in [0, 0.1) is 23.7 Å². The molecule has 0 radical (unpaired) electrons. The predicted molar refractivity (Wildman–Crippen MR) is 146 cm³/mol. The summed E-state index contributed by atoms with van der Waals surface area (Å²) in [7, 11) is -1.58. The van der Waals surface area contributed by atoms with Crippen molar-refractivity contribution in [3.63, 3.8) is 0 Å². The quantitative estimate of drug-likeness (QED) is 0.244. The highest BCUT2D eigenvalue weighted by atomic mass is 31.2. The van der Waals surface area contributed by atoms with Gasteiger partial charge in [-0.3, -0.25) is 9.05 Å². The third-order valence-electron chi connectivity index (χ3n) is 7.96. The Balaban J connectivity index is 1.78.